The average Bonchev–Trinajstić information content (AvgIpc) is 3.01. The summed E-state index contributed by atoms with van der Waals surface area (Å²) in [6, 6.07) is 12.8. The molecule has 0 spiro atoms. The number of carbonyl (C=O) groups is 2. The zero-order valence-electron chi connectivity index (χ0n) is 15.3. The summed E-state index contributed by atoms with van der Waals surface area (Å²) in [5, 5.41) is 13.9. The fraction of sp³-hybridized carbons (Fsp3) is 0.286. The number of hydrogen-bond acceptors (Lipinski definition) is 5. The molecule has 0 bridgehead atoms. The van der Waals surface area contributed by atoms with Gasteiger partial charge in [-0.05, 0) is 37.3 Å². The van der Waals surface area contributed by atoms with Crippen LogP contribution in [-0.4, -0.2) is 34.8 Å². The zero-order valence-corrected chi connectivity index (χ0v) is 15.3. The minimum atomic E-state index is -1.61. The van der Waals surface area contributed by atoms with Crippen LogP contribution < -0.4 is 10.2 Å². The van der Waals surface area contributed by atoms with Crippen molar-refractivity contribution in [2.75, 3.05) is 16.8 Å². The van der Waals surface area contributed by atoms with Crippen LogP contribution in [0.2, 0.25) is 0 Å². The molecule has 6 nitrogen and oxygen atoms in total. The number of Topliss-reactive ketones (excluding diaryl/α,β-unsaturated/α-hetero) is 1. The molecule has 0 aliphatic carbocycles. The third-order valence-electron chi connectivity index (χ3n) is 5.08. The Hall–Kier alpha value is -2.99. The van der Waals surface area contributed by atoms with Crippen LogP contribution in [0.3, 0.4) is 0 Å². The van der Waals surface area contributed by atoms with Gasteiger partial charge in [-0.1, -0.05) is 24.6 Å². The van der Waals surface area contributed by atoms with E-state index in [-0.39, 0.29) is 18.1 Å². The number of benzene rings is 2. The van der Waals surface area contributed by atoms with Crippen LogP contribution >= 0.6 is 0 Å². The monoisotopic (exact) mass is 363 g/mol. The molecule has 138 valence electrons. The summed E-state index contributed by atoms with van der Waals surface area (Å²) < 4.78 is 0. The van der Waals surface area contributed by atoms with Crippen molar-refractivity contribution >= 4 is 34.6 Å². The second-order valence-electron chi connectivity index (χ2n) is 7.00. The molecule has 2 aliphatic rings. The maximum absolute atomic E-state index is 13.0. The molecule has 4 rings (SSSR count). The Labute approximate surface area is 157 Å². The van der Waals surface area contributed by atoms with Gasteiger partial charge in [0.1, 0.15) is 5.84 Å². The first-order chi connectivity index (χ1) is 12.9. The van der Waals surface area contributed by atoms with Gasteiger partial charge in [-0.15, -0.1) is 0 Å². The maximum atomic E-state index is 13.0. The molecular formula is C21H21N3O3. The van der Waals surface area contributed by atoms with Crippen LogP contribution in [0, 0.1) is 6.92 Å². The van der Waals surface area contributed by atoms with Crippen LogP contribution in [0.4, 0.5) is 17.1 Å². The first-order valence-corrected chi connectivity index (χ1v) is 9.07. The molecule has 0 aromatic heterocycles. The highest BCUT2D eigenvalue weighted by Crippen LogP contribution is 2.40. The molecule has 2 heterocycles. The fourth-order valence-corrected chi connectivity index (χ4v) is 3.60. The molecular weight excluding hydrogens is 342 g/mol. The highest BCUT2D eigenvalue weighted by molar-refractivity contribution is 6.28. The molecule has 1 atom stereocenters. The zero-order chi connectivity index (χ0) is 19.2. The molecule has 2 aromatic carbocycles. The number of rotatable bonds is 3. The number of carbonyl (C=O) groups excluding carboxylic acids is 2. The predicted molar refractivity (Wildman–Crippen MR) is 105 cm³/mol. The Morgan fingerprint density at radius 2 is 2.11 bits per heavy atom. The van der Waals surface area contributed by atoms with E-state index in [0.29, 0.717) is 35.7 Å². The highest BCUT2D eigenvalue weighted by atomic mass is 16.3. The Morgan fingerprint density at radius 1 is 1.30 bits per heavy atom. The summed E-state index contributed by atoms with van der Waals surface area (Å²) in [6.07, 6.45) is 0.675. The second kappa shape index (κ2) is 6.32. The molecule has 1 fully saturated rings. The minimum Gasteiger partial charge on any atom is -0.374 e. The first kappa shape index (κ1) is 17.4. The Balaban J connectivity index is 1.75. The number of hydrogen-bond donors (Lipinski definition) is 2. The summed E-state index contributed by atoms with van der Waals surface area (Å²) in [6.45, 7) is 4.18. The Morgan fingerprint density at radius 3 is 2.89 bits per heavy atom. The van der Waals surface area contributed by atoms with Gasteiger partial charge in [-0.3, -0.25) is 9.59 Å². The molecule has 2 aromatic rings. The van der Waals surface area contributed by atoms with Crippen molar-refractivity contribution in [1.29, 1.82) is 0 Å². The molecule has 2 N–H and O–H groups in total. The van der Waals surface area contributed by atoms with Crippen LogP contribution in [0.5, 0.6) is 0 Å². The summed E-state index contributed by atoms with van der Waals surface area (Å²) in [5.74, 6) is -0.0217. The number of amides is 1. The van der Waals surface area contributed by atoms with Crippen molar-refractivity contribution in [3.63, 3.8) is 0 Å². The Bertz CT molecular complexity index is 982. The van der Waals surface area contributed by atoms with Gasteiger partial charge in [0.05, 0.1) is 5.69 Å². The molecule has 1 amide bonds. The van der Waals surface area contributed by atoms with Gasteiger partial charge in [-0.25, -0.2) is 4.99 Å². The first-order valence-electron chi connectivity index (χ1n) is 9.07. The van der Waals surface area contributed by atoms with E-state index in [1.807, 2.05) is 48.2 Å². The molecule has 1 saturated heterocycles. The van der Waals surface area contributed by atoms with E-state index < -0.39 is 5.60 Å². The van der Waals surface area contributed by atoms with Gasteiger partial charge in [0.25, 0.3) is 0 Å². The van der Waals surface area contributed by atoms with Crippen LogP contribution in [0.1, 0.15) is 35.7 Å². The lowest BCUT2D eigenvalue weighted by molar-refractivity contribution is -0.115. The van der Waals surface area contributed by atoms with Crippen LogP contribution in [0.25, 0.3) is 0 Å². The summed E-state index contributed by atoms with van der Waals surface area (Å²) in [4.78, 5) is 31.1. The number of aliphatic hydroxyl groups is 1. The second-order valence-corrected chi connectivity index (χ2v) is 7.00. The molecule has 6 heteroatoms. The van der Waals surface area contributed by atoms with Gasteiger partial charge in [0.2, 0.25) is 11.7 Å². The topological polar surface area (TPSA) is 82.0 Å². The van der Waals surface area contributed by atoms with Crippen LogP contribution in [-0.2, 0) is 4.79 Å². The summed E-state index contributed by atoms with van der Waals surface area (Å²) in [5.41, 5.74) is 1.84. The molecule has 0 saturated carbocycles. The molecule has 0 radical (unpaired) electrons. The number of ketones is 1. The lowest BCUT2D eigenvalue weighted by Crippen LogP contribution is -2.48. The van der Waals surface area contributed by atoms with Crippen molar-refractivity contribution in [2.24, 2.45) is 4.99 Å². The number of nitrogens with one attached hydrogen (secondary N) is 1. The van der Waals surface area contributed by atoms with Gasteiger partial charge < -0.3 is 15.3 Å². The van der Waals surface area contributed by atoms with Crippen molar-refractivity contribution in [3.8, 4) is 0 Å². The average molecular weight is 363 g/mol. The molecule has 0 unspecified atom stereocenters. The number of amidine groups is 1. The summed E-state index contributed by atoms with van der Waals surface area (Å²) in [7, 11) is 0. The minimum absolute atomic E-state index is 0.0699. The standard InChI is InChI=1S/C21H21N3O3/c1-3-18(25)22-14-5-4-6-15(12-14)24-10-9-21(27)19(26)16-11-13(2)7-8-17(16)23-20(21)24/h4-8,11-12,27H,3,9-10H2,1-2H3,(H,22,25)/t21-/m1/s1. The van der Waals surface area contributed by atoms with Crippen molar-refractivity contribution in [1.82, 2.24) is 0 Å². The van der Waals surface area contributed by atoms with Gasteiger partial charge in [0, 0.05) is 36.3 Å². The fourth-order valence-electron chi connectivity index (χ4n) is 3.60. The normalized spacial score (nSPS) is 20.8. The third kappa shape index (κ3) is 2.82. The lowest BCUT2D eigenvalue weighted by atomic mass is 9.87. The molecule has 2 aliphatic heterocycles. The molecule has 27 heavy (non-hydrogen) atoms. The van der Waals surface area contributed by atoms with E-state index in [9.17, 15) is 14.7 Å². The van der Waals surface area contributed by atoms with E-state index in [0.717, 1.165) is 11.3 Å². The van der Waals surface area contributed by atoms with E-state index in [4.69, 9.17) is 0 Å². The van der Waals surface area contributed by atoms with Gasteiger partial charge in [-0.2, -0.15) is 0 Å². The highest BCUT2D eigenvalue weighted by Gasteiger charge is 2.52. The number of fused-ring (bicyclic) bond motifs is 2. The maximum Gasteiger partial charge on any atom is 0.224 e. The van der Waals surface area contributed by atoms with Gasteiger partial charge >= 0.3 is 0 Å². The quantitative estimate of drug-likeness (QED) is 0.877. The lowest BCUT2D eigenvalue weighted by Gasteiger charge is -2.30. The largest absolute Gasteiger partial charge is 0.374 e. The predicted octanol–water partition coefficient (Wildman–Crippen LogP) is 3.21. The third-order valence-corrected chi connectivity index (χ3v) is 5.08. The van der Waals surface area contributed by atoms with Crippen molar-refractivity contribution in [3.05, 3.63) is 53.6 Å². The van der Waals surface area contributed by atoms with Crippen molar-refractivity contribution < 1.29 is 14.7 Å². The number of aliphatic imine (C=N–C) groups is 1. The van der Waals surface area contributed by atoms with Crippen molar-refractivity contribution in [2.45, 2.75) is 32.3 Å². The summed E-state index contributed by atoms with van der Waals surface area (Å²) >= 11 is 0. The van der Waals surface area contributed by atoms with E-state index in [1.54, 1.807) is 13.0 Å². The van der Waals surface area contributed by atoms with E-state index in [2.05, 4.69) is 10.3 Å². The number of nitrogens with zero attached hydrogens (tertiary/aromatic N) is 2. The van der Waals surface area contributed by atoms with E-state index in [1.165, 1.54) is 0 Å². The Kier molecular flexibility index (Phi) is 4.08. The van der Waals surface area contributed by atoms with E-state index >= 15 is 0 Å². The SMILES string of the molecule is CCC(=O)Nc1cccc(N2CC[C@@]3(O)C(=O)c4cc(C)ccc4N=C23)c1. The van der Waals surface area contributed by atoms with Crippen LogP contribution in [0.15, 0.2) is 47.5 Å². The number of aryl methyl sites for hydroxylation is 1. The number of anilines is 2. The van der Waals surface area contributed by atoms with Gasteiger partial charge in [0.15, 0.2) is 5.60 Å². The smallest absolute Gasteiger partial charge is 0.224 e.